The van der Waals surface area contributed by atoms with Gasteiger partial charge in [0.1, 0.15) is 5.67 Å². The second-order valence-electron chi connectivity index (χ2n) is 3.65. The third kappa shape index (κ3) is 2.45. The predicted molar refractivity (Wildman–Crippen MR) is 48.8 cm³/mol. The molecule has 1 heterocycles. The molecule has 78 valence electrons. The quantitative estimate of drug-likeness (QED) is 0.761. The van der Waals surface area contributed by atoms with E-state index in [0.717, 1.165) is 0 Å². The van der Waals surface area contributed by atoms with Crippen molar-refractivity contribution in [1.29, 1.82) is 0 Å². The van der Waals surface area contributed by atoms with E-state index in [1.165, 1.54) is 24.7 Å². The van der Waals surface area contributed by atoms with Gasteiger partial charge in [0.05, 0.1) is 12.2 Å². The maximum absolute atomic E-state index is 13.2. The van der Waals surface area contributed by atoms with E-state index in [1.54, 1.807) is 0 Å². The molecule has 0 bridgehead atoms. The zero-order chi connectivity index (χ0) is 10.9. The molecule has 0 atom stereocenters. The summed E-state index contributed by atoms with van der Waals surface area (Å²) in [6, 6.07) is 0. The van der Waals surface area contributed by atoms with Crippen LogP contribution in [-0.4, -0.2) is 26.5 Å². The van der Waals surface area contributed by atoms with E-state index in [-0.39, 0.29) is 17.9 Å². The zero-order valence-electron chi connectivity index (χ0n) is 7.99. The normalized spacial score (nSPS) is 11.6. The minimum Gasteiger partial charge on any atom is -0.476 e. The molecule has 0 aliphatic heterocycles. The predicted octanol–water partition coefficient (Wildman–Crippen LogP) is 0.912. The molecule has 0 aromatic carbocycles. The fourth-order valence-corrected chi connectivity index (χ4v) is 1.07. The van der Waals surface area contributed by atoms with Crippen LogP contribution in [0, 0.1) is 0 Å². The highest BCUT2D eigenvalue weighted by molar-refractivity contribution is 5.91. The lowest BCUT2D eigenvalue weighted by atomic mass is 10.2. The fourth-order valence-electron chi connectivity index (χ4n) is 1.07. The average molecular weight is 201 g/mol. The van der Waals surface area contributed by atoms with Gasteiger partial charge in [0.25, 0.3) is 0 Å². The summed E-state index contributed by atoms with van der Waals surface area (Å²) in [5.74, 6) is -1.21. The van der Waals surface area contributed by atoms with Crippen molar-refractivity contribution in [1.82, 2.24) is 9.78 Å². The Morgan fingerprint density at radius 2 is 2.36 bits per heavy atom. The number of nitrogens with two attached hydrogens (primary N) is 1. The van der Waals surface area contributed by atoms with Crippen LogP contribution in [0.15, 0.2) is 6.20 Å². The molecule has 0 aliphatic rings. The van der Waals surface area contributed by atoms with Crippen molar-refractivity contribution < 1.29 is 14.3 Å². The first-order chi connectivity index (χ1) is 6.29. The van der Waals surface area contributed by atoms with E-state index in [4.69, 9.17) is 10.8 Å². The molecule has 0 amide bonds. The van der Waals surface area contributed by atoms with Gasteiger partial charge >= 0.3 is 5.97 Å². The summed E-state index contributed by atoms with van der Waals surface area (Å²) in [4.78, 5) is 10.6. The van der Waals surface area contributed by atoms with Crippen molar-refractivity contribution in [3.63, 3.8) is 0 Å². The van der Waals surface area contributed by atoms with Gasteiger partial charge < -0.3 is 10.8 Å². The molecule has 0 fully saturated rings. The van der Waals surface area contributed by atoms with Crippen molar-refractivity contribution in [2.24, 2.45) is 0 Å². The van der Waals surface area contributed by atoms with E-state index < -0.39 is 11.6 Å². The Balaban J connectivity index is 2.92. The third-order valence-corrected chi connectivity index (χ3v) is 1.53. The lowest BCUT2D eigenvalue weighted by Crippen LogP contribution is -2.21. The van der Waals surface area contributed by atoms with Gasteiger partial charge in [-0.15, -0.1) is 0 Å². The number of aromatic nitrogens is 2. The highest BCUT2D eigenvalue weighted by atomic mass is 19.1. The van der Waals surface area contributed by atoms with E-state index in [2.05, 4.69) is 5.10 Å². The van der Waals surface area contributed by atoms with Crippen LogP contribution in [0.4, 0.5) is 10.1 Å². The molecule has 1 aromatic heterocycles. The summed E-state index contributed by atoms with van der Waals surface area (Å²) in [5.41, 5.74) is 3.73. The molecule has 0 aliphatic carbocycles. The minimum atomic E-state index is -1.45. The van der Waals surface area contributed by atoms with Crippen molar-refractivity contribution in [2.45, 2.75) is 26.1 Å². The summed E-state index contributed by atoms with van der Waals surface area (Å²) >= 11 is 0. The van der Waals surface area contributed by atoms with E-state index >= 15 is 0 Å². The first kappa shape index (κ1) is 10.5. The summed E-state index contributed by atoms with van der Waals surface area (Å²) in [6.45, 7) is 2.74. The van der Waals surface area contributed by atoms with Crippen molar-refractivity contribution in [2.75, 3.05) is 5.73 Å². The smallest absolute Gasteiger partial charge is 0.358 e. The van der Waals surface area contributed by atoms with Gasteiger partial charge in [-0.05, 0) is 13.8 Å². The van der Waals surface area contributed by atoms with Gasteiger partial charge in [-0.3, -0.25) is 4.68 Å². The van der Waals surface area contributed by atoms with Gasteiger partial charge in [-0.25, -0.2) is 9.18 Å². The van der Waals surface area contributed by atoms with Crippen molar-refractivity contribution in [3.8, 4) is 0 Å². The fraction of sp³-hybridized carbons (Fsp3) is 0.500. The molecule has 0 radical (unpaired) electrons. The molecule has 0 saturated carbocycles. The number of carbonyl (C=O) groups is 1. The molecular formula is C8H12FN3O2. The average Bonchev–Trinajstić information content (AvgIpc) is 2.26. The number of halogens is 1. The van der Waals surface area contributed by atoms with Gasteiger partial charge in [0.15, 0.2) is 5.69 Å². The number of alkyl halides is 1. The van der Waals surface area contributed by atoms with E-state index in [1.807, 2.05) is 0 Å². The number of hydrogen-bond donors (Lipinski definition) is 2. The lowest BCUT2D eigenvalue weighted by Gasteiger charge is -2.12. The van der Waals surface area contributed by atoms with Crippen LogP contribution < -0.4 is 5.73 Å². The van der Waals surface area contributed by atoms with E-state index in [9.17, 15) is 9.18 Å². The SMILES string of the molecule is CC(C)(F)Cn1cc(N)c(C(=O)O)n1. The number of carboxylic acids is 1. The number of nitrogens with zero attached hydrogens (tertiary/aromatic N) is 2. The highest BCUT2D eigenvalue weighted by Crippen LogP contribution is 2.14. The number of aromatic carboxylic acids is 1. The first-order valence-corrected chi connectivity index (χ1v) is 4.05. The highest BCUT2D eigenvalue weighted by Gasteiger charge is 2.20. The zero-order valence-corrected chi connectivity index (χ0v) is 7.99. The van der Waals surface area contributed by atoms with Gasteiger partial charge in [0, 0.05) is 6.20 Å². The Hall–Kier alpha value is -1.59. The minimum absolute atomic E-state index is 0.0233. The van der Waals surface area contributed by atoms with Crippen LogP contribution in [0.5, 0.6) is 0 Å². The molecule has 1 aromatic rings. The van der Waals surface area contributed by atoms with Crippen LogP contribution in [0.2, 0.25) is 0 Å². The largest absolute Gasteiger partial charge is 0.476 e. The van der Waals surface area contributed by atoms with E-state index in [0.29, 0.717) is 0 Å². The van der Waals surface area contributed by atoms with Gasteiger partial charge in [0.2, 0.25) is 0 Å². The standard InChI is InChI=1S/C8H12FN3O2/c1-8(2,9)4-12-3-5(10)6(11-12)7(13)14/h3H,4,10H2,1-2H3,(H,13,14). The van der Waals surface area contributed by atoms with Crippen LogP contribution in [0.3, 0.4) is 0 Å². The Morgan fingerprint density at radius 3 is 2.71 bits per heavy atom. The lowest BCUT2D eigenvalue weighted by molar-refractivity contribution is 0.0689. The molecule has 0 unspecified atom stereocenters. The Kier molecular flexibility index (Phi) is 2.46. The van der Waals surface area contributed by atoms with Crippen molar-refractivity contribution >= 4 is 11.7 Å². The van der Waals surface area contributed by atoms with Crippen molar-refractivity contribution in [3.05, 3.63) is 11.9 Å². The number of rotatable bonds is 3. The number of anilines is 1. The molecule has 6 heteroatoms. The molecule has 14 heavy (non-hydrogen) atoms. The Bertz CT molecular complexity index is 354. The molecule has 1 rings (SSSR count). The molecule has 0 saturated heterocycles. The summed E-state index contributed by atoms with van der Waals surface area (Å²) < 4.78 is 14.4. The third-order valence-electron chi connectivity index (χ3n) is 1.53. The molecule has 5 nitrogen and oxygen atoms in total. The summed E-state index contributed by atoms with van der Waals surface area (Å²) in [7, 11) is 0. The second-order valence-corrected chi connectivity index (χ2v) is 3.65. The molecular weight excluding hydrogens is 189 g/mol. The topological polar surface area (TPSA) is 81.1 Å². The van der Waals surface area contributed by atoms with Crippen LogP contribution in [-0.2, 0) is 6.54 Å². The van der Waals surface area contributed by atoms with Gasteiger partial charge in [-0.1, -0.05) is 0 Å². The molecule has 0 spiro atoms. The maximum atomic E-state index is 13.2. The number of hydrogen-bond acceptors (Lipinski definition) is 3. The van der Waals surface area contributed by atoms with Crippen LogP contribution >= 0.6 is 0 Å². The Labute approximate surface area is 80.3 Å². The number of nitrogen functional groups attached to an aromatic ring is 1. The monoisotopic (exact) mass is 201 g/mol. The maximum Gasteiger partial charge on any atom is 0.358 e. The van der Waals surface area contributed by atoms with Gasteiger partial charge in [-0.2, -0.15) is 5.10 Å². The van der Waals surface area contributed by atoms with Crippen LogP contribution in [0.1, 0.15) is 24.3 Å². The molecule has 3 N–H and O–H groups in total. The Morgan fingerprint density at radius 1 is 1.79 bits per heavy atom. The van der Waals surface area contributed by atoms with Crippen LogP contribution in [0.25, 0.3) is 0 Å². The first-order valence-electron chi connectivity index (χ1n) is 4.05. The summed E-state index contributed by atoms with van der Waals surface area (Å²) in [6.07, 6.45) is 1.31. The number of carboxylic acid groups (broad SMARTS) is 1. The summed E-state index contributed by atoms with van der Waals surface area (Å²) in [5, 5.41) is 12.3. The second kappa shape index (κ2) is 3.28.